The molecule has 12 heavy (non-hydrogen) atoms. The van der Waals surface area contributed by atoms with Gasteiger partial charge in [0.1, 0.15) is 0 Å². The van der Waals surface area contributed by atoms with Crippen molar-refractivity contribution in [2.24, 2.45) is 11.8 Å². The lowest BCUT2D eigenvalue weighted by Crippen LogP contribution is -2.25. The smallest absolute Gasteiger partial charge is 0.0590 e. The molecule has 0 fully saturated rings. The molecule has 2 atom stereocenters. The molecule has 0 radical (unpaired) electrons. The second-order valence-electron chi connectivity index (χ2n) is 3.93. The molecule has 2 nitrogen and oxygen atoms in total. The Hall–Kier alpha value is -0.0800. The van der Waals surface area contributed by atoms with E-state index in [9.17, 15) is 5.11 Å². The van der Waals surface area contributed by atoms with Crippen molar-refractivity contribution in [2.75, 3.05) is 6.61 Å². The van der Waals surface area contributed by atoms with Crippen LogP contribution in [-0.4, -0.2) is 22.9 Å². The van der Waals surface area contributed by atoms with E-state index in [4.69, 9.17) is 5.11 Å². The molecule has 0 amide bonds. The molecule has 74 valence electrons. The molecule has 0 bridgehead atoms. The van der Waals surface area contributed by atoms with Crippen molar-refractivity contribution in [3.8, 4) is 0 Å². The maximum atomic E-state index is 9.60. The Morgan fingerprint density at radius 3 is 2.17 bits per heavy atom. The maximum Gasteiger partial charge on any atom is 0.0590 e. The van der Waals surface area contributed by atoms with Crippen molar-refractivity contribution in [3.63, 3.8) is 0 Å². The minimum atomic E-state index is -0.317. The Labute approximate surface area is 75.6 Å². The summed E-state index contributed by atoms with van der Waals surface area (Å²) in [4.78, 5) is 0. The topological polar surface area (TPSA) is 40.5 Å². The molecule has 0 heterocycles. The highest BCUT2D eigenvalue weighted by Crippen LogP contribution is 2.17. The second kappa shape index (κ2) is 6.44. The van der Waals surface area contributed by atoms with Crippen LogP contribution in [0.2, 0.25) is 0 Å². The van der Waals surface area contributed by atoms with Gasteiger partial charge in [0, 0.05) is 12.5 Å². The summed E-state index contributed by atoms with van der Waals surface area (Å²) in [5.41, 5.74) is 0. The normalized spacial score (nSPS) is 16.5. The van der Waals surface area contributed by atoms with Crippen molar-refractivity contribution in [3.05, 3.63) is 0 Å². The lowest BCUT2D eigenvalue weighted by molar-refractivity contribution is 0.0490. The molecule has 0 saturated heterocycles. The largest absolute Gasteiger partial charge is 0.396 e. The van der Waals surface area contributed by atoms with Gasteiger partial charge >= 0.3 is 0 Å². The summed E-state index contributed by atoms with van der Waals surface area (Å²) in [5.74, 6) is 0.624. The van der Waals surface area contributed by atoms with Gasteiger partial charge < -0.3 is 10.2 Å². The van der Waals surface area contributed by atoms with Crippen molar-refractivity contribution < 1.29 is 10.2 Å². The molecule has 0 aromatic carbocycles. The molecule has 0 spiro atoms. The van der Waals surface area contributed by atoms with Crippen LogP contribution < -0.4 is 0 Å². The number of aliphatic hydroxyl groups is 2. The summed E-state index contributed by atoms with van der Waals surface area (Å²) < 4.78 is 0. The third-order valence-corrected chi connectivity index (χ3v) is 2.14. The first-order chi connectivity index (χ1) is 5.61. The summed E-state index contributed by atoms with van der Waals surface area (Å²) in [6, 6.07) is 0. The zero-order valence-corrected chi connectivity index (χ0v) is 8.45. The third-order valence-electron chi connectivity index (χ3n) is 2.14. The summed E-state index contributed by atoms with van der Waals surface area (Å²) in [6.45, 7) is 6.38. The molecule has 2 unspecified atom stereocenters. The highest BCUT2D eigenvalue weighted by molar-refractivity contribution is 4.68. The first-order valence-electron chi connectivity index (χ1n) is 4.90. The number of hydrogen-bond donors (Lipinski definition) is 2. The molecule has 2 heteroatoms. The van der Waals surface area contributed by atoms with E-state index in [1.807, 2.05) is 6.92 Å². The van der Waals surface area contributed by atoms with Gasteiger partial charge in [-0.2, -0.15) is 0 Å². The van der Waals surface area contributed by atoms with Crippen molar-refractivity contribution in [1.82, 2.24) is 0 Å². The van der Waals surface area contributed by atoms with Crippen LogP contribution >= 0.6 is 0 Å². The highest BCUT2D eigenvalue weighted by Gasteiger charge is 2.18. The molecule has 0 aromatic heterocycles. The van der Waals surface area contributed by atoms with Crippen LogP contribution in [0.3, 0.4) is 0 Å². The van der Waals surface area contributed by atoms with E-state index in [-0.39, 0.29) is 18.6 Å². The lowest BCUT2D eigenvalue weighted by atomic mass is 9.91. The Kier molecular flexibility index (Phi) is 6.39. The van der Waals surface area contributed by atoms with Gasteiger partial charge in [0.15, 0.2) is 0 Å². The first kappa shape index (κ1) is 11.9. The molecule has 0 rings (SSSR count). The Balaban J connectivity index is 3.78. The van der Waals surface area contributed by atoms with Gasteiger partial charge in [-0.05, 0) is 18.8 Å². The monoisotopic (exact) mass is 174 g/mol. The highest BCUT2D eigenvalue weighted by atomic mass is 16.3. The standard InChI is InChI=1S/C10H22O2/c1-4-5-10(12)9(7-11)6-8(2)3/h8-12H,4-7H2,1-3H3. The lowest BCUT2D eigenvalue weighted by Gasteiger charge is -2.21. The fraction of sp³-hybridized carbons (Fsp3) is 1.00. The molecule has 0 aliphatic carbocycles. The van der Waals surface area contributed by atoms with Crippen LogP contribution in [0.4, 0.5) is 0 Å². The second-order valence-corrected chi connectivity index (χ2v) is 3.93. The van der Waals surface area contributed by atoms with Crippen molar-refractivity contribution >= 4 is 0 Å². The molecule has 0 aliphatic rings. The maximum absolute atomic E-state index is 9.60. The summed E-state index contributed by atoms with van der Waals surface area (Å²) in [5, 5.41) is 18.6. The van der Waals surface area contributed by atoms with E-state index in [0.717, 1.165) is 19.3 Å². The van der Waals surface area contributed by atoms with E-state index in [2.05, 4.69) is 13.8 Å². The van der Waals surface area contributed by atoms with Gasteiger partial charge in [-0.25, -0.2) is 0 Å². The van der Waals surface area contributed by atoms with E-state index < -0.39 is 0 Å². The minimum absolute atomic E-state index is 0.0740. The average Bonchev–Trinajstić information content (AvgIpc) is 2.00. The molecule has 2 N–H and O–H groups in total. The summed E-state index contributed by atoms with van der Waals surface area (Å²) in [6.07, 6.45) is 2.38. The van der Waals surface area contributed by atoms with Gasteiger partial charge in [0.05, 0.1) is 6.10 Å². The van der Waals surface area contributed by atoms with Crippen molar-refractivity contribution in [2.45, 2.75) is 46.1 Å². The zero-order valence-electron chi connectivity index (χ0n) is 8.45. The van der Waals surface area contributed by atoms with Crippen LogP contribution in [0.1, 0.15) is 40.0 Å². The fourth-order valence-electron chi connectivity index (χ4n) is 1.49. The third kappa shape index (κ3) is 4.73. The van der Waals surface area contributed by atoms with Crippen LogP contribution in [0.5, 0.6) is 0 Å². The fourth-order valence-corrected chi connectivity index (χ4v) is 1.49. The van der Waals surface area contributed by atoms with Gasteiger partial charge in [-0.15, -0.1) is 0 Å². The minimum Gasteiger partial charge on any atom is -0.396 e. The predicted octanol–water partition coefficient (Wildman–Crippen LogP) is 1.80. The average molecular weight is 174 g/mol. The van der Waals surface area contributed by atoms with E-state index in [0.29, 0.717) is 5.92 Å². The van der Waals surface area contributed by atoms with Gasteiger partial charge in [0.2, 0.25) is 0 Å². The van der Waals surface area contributed by atoms with Gasteiger partial charge in [0.25, 0.3) is 0 Å². The quantitative estimate of drug-likeness (QED) is 0.644. The Bertz CT molecular complexity index is 102. The molecular weight excluding hydrogens is 152 g/mol. The van der Waals surface area contributed by atoms with E-state index >= 15 is 0 Å². The Morgan fingerprint density at radius 1 is 1.25 bits per heavy atom. The van der Waals surface area contributed by atoms with Crippen LogP contribution in [-0.2, 0) is 0 Å². The summed E-state index contributed by atoms with van der Waals surface area (Å²) in [7, 11) is 0. The van der Waals surface area contributed by atoms with Crippen LogP contribution in [0, 0.1) is 11.8 Å². The van der Waals surface area contributed by atoms with E-state index in [1.54, 1.807) is 0 Å². The Morgan fingerprint density at radius 2 is 1.83 bits per heavy atom. The molecule has 0 aromatic rings. The van der Waals surface area contributed by atoms with Crippen molar-refractivity contribution in [1.29, 1.82) is 0 Å². The first-order valence-corrected chi connectivity index (χ1v) is 4.90. The molecule has 0 aliphatic heterocycles. The SMILES string of the molecule is CCCC(O)C(CO)CC(C)C. The molecular formula is C10H22O2. The zero-order chi connectivity index (χ0) is 9.56. The van der Waals surface area contributed by atoms with E-state index in [1.165, 1.54) is 0 Å². The number of hydrogen-bond acceptors (Lipinski definition) is 2. The van der Waals surface area contributed by atoms with Gasteiger partial charge in [-0.3, -0.25) is 0 Å². The number of aliphatic hydroxyl groups excluding tert-OH is 2. The number of rotatable bonds is 6. The van der Waals surface area contributed by atoms with Crippen LogP contribution in [0.25, 0.3) is 0 Å². The molecule has 0 saturated carbocycles. The summed E-state index contributed by atoms with van der Waals surface area (Å²) >= 11 is 0. The van der Waals surface area contributed by atoms with Crippen LogP contribution in [0.15, 0.2) is 0 Å². The predicted molar refractivity (Wildman–Crippen MR) is 50.9 cm³/mol. The van der Waals surface area contributed by atoms with Gasteiger partial charge in [-0.1, -0.05) is 27.2 Å².